The normalized spacial score (nSPS) is 14.2. The van der Waals surface area contributed by atoms with Gasteiger partial charge in [-0.05, 0) is 6.92 Å². The Morgan fingerprint density at radius 1 is 1.38 bits per heavy atom. The van der Waals surface area contributed by atoms with E-state index in [-0.39, 0.29) is 0 Å². The maximum Gasteiger partial charge on any atom is 0.119 e. The first-order valence-electron chi connectivity index (χ1n) is 5.03. The summed E-state index contributed by atoms with van der Waals surface area (Å²) in [6.45, 7) is 6.17. The van der Waals surface area contributed by atoms with Gasteiger partial charge in [-0.2, -0.15) is 0 Å². The highest BCUT2D eigenvalue weighted by Crippen LogP contribution is 2.01. The third kappa shape index (κ3) is 3.03. The van der Waals surface area contributed by atoms with Crippen LogP contribution < -0.4 is 10.4 Å². The molecule has 0 aromatic heterocycles. The Balaban J connectivity index is 3.61. The molecule has 1 rings (SSSR count). The van der Waals surface area contributed by atoms with E-state index in [2.05, 4.69) is 6.58 Å². The molecule has 3 heteroatoms. The van der Waals surface area contributed by atoms with Crippen LogP contribution in [0.1, 0.15) is 6.92 Å². The van der Waals surface area contributed by atoms with Gasteiger partial charge < -0.3 is 4.74 Å². The standard InChI is InChI=1S/C13H14Cl2O/c1-3-12(15)10-7-5-6-8-11(10)13(9-14)16-4-2/h3,5-8H,1,4,9H2,2H3/b12-10+,13-11+. The molecule has 0 fully saturated rings. The highest BCUT2D eigenvalue weighted by Gasteiger charge is 1.99. The molecule has 0 aliphatic carbocycles. The number of allylic oxidation sites excluding steroid dienone is 1. The second-order valence-corrected chi connectivity index (χ2v) is 3.76. The molecule has 0 radical (unpaired) electrons. The summed E-state index contributed by atoms with van der Waals surface area (Å²) < 4.78 is 5.49. The smallest absolute Gasteiger partial charge is 0.119 e. The van der Waals surface area contributed by atoms with Gasteiger partial charge in [0, 0.05) is 15.5 Å². The summed E-state index contributed by atoms with van der Waals surface area (Å²) in [5.74, 6) is 1.06. The van der Waals surface area contributed by atoms with Crippen molar-refractivity contribution in [3.63, 3.8) is 0 Å². The van der Waals surface area contributed by atoms with Gasteiger partial charge in [0.25, 0.3) is 0 Å². The van der Waals surface area contributed by atoms with Crippen molar-refractivity contribution in [2.75, 3.05) is 12.5 Å². The van der Waals surface area contributed by atoms with Crippen LogP contribution >= 0.6 is 23.2 Å². The highest BCUT2D eigenvalue weighted by molar-refractivity contribution is 6.47. The van der Waals surface area contributed by atoms with E-state index in [0.29, 0.717) is 17.5 Å². The van der Waals surface area contributed by atoms with Crippen LogP contribution in [-0.2, 0) is 4.74 Å². The highest BCUT2D eigenvalue weighted by atomic mass is 35.5. The Kier molecular flexibility index (Phi) is 5.44. The zero-order chi connectivity index (χ0) is 12.0. The van der Waals surface area contributed by atoms with Gasteiger partial charge in [0.05, 0.1) is 12.5 Å². The quantitative estimate of drug-likeness (QED) is 0.753. The minimum absolute atomic E-state index is 0.326. The maximum absolute atomic E-state index is 6.08. The van der Waals surface area contributed by atoms with Gasteiger partial charge in [0.2, 0.25) is 0 Å². The van der Waals surface area contributed by atoms with Crippen LogP contribution in [0.15, 0.2) is 36.9 Å². The van der Waals surface area contributed by atoms with Gasteiger partial charge in [0.1, 0.15) is 5.76 Å². The van der Waals surface area contributed by atoms with Crippen molar-refractivity contribution >= 4 is 34.0 Å². The molecule has 0 aliphatic rings. The molecule has 0 atom stereocenters. The monoisotopic (exact) mass is 256 g/mol. The molecule has 16 heavy (non-hydrogen) atoms. The van der Waals surface area contributed by atoms with Crippen molar-refractivity contribution in [2.45, 2.75) is 6.92 Å². The lowest BCUT2D eigenvalue weighted by Gasteiger charge is -2.05. The number of halogens is 2. The van der Waals surface area contributed by atoms with Crippen molar-refractivity contribution in [1.82, 2.24) is 0 Å². The van der Waals surface area contributed by atoms with Crippen molar-refractivity contribution in [3.05, 3.63) is 47.4 Å². The van der Waals surface area contributed by atoms with E-state index < -0.39 is 0 Å². The third-order valence-electron chi connectivity index (χ3n) is 2.10. The fourth-order valence-electron chi connectivity index (χ4n) is 1.41. The molecule has 0 heterocycles. The molecule has 0 saturated carbocycles. The average Bonchev–Trinajstić information content (AvgIpc) is 2.35. The Morgan fingerprint density at radius 3 is 2.50 bits per heavy atom. The van der Waals surface area contributed by atoms with Gasteiger partial charge in [0.15, 0.2) is 0 Å². The second-order valence-electron chi connectivity index (χ2n) is 3.09. The Bertz CT molecular complexity index is 477. The maximum atomic E-state index is 6.08. The van der Waals surface area contributed by atoms with Crippen molar-refractivity contribution < 1.29 is 4.74 Å². The summed E-state index contributed by atoms with van der Waals surface area (Å²) in [7, 11) is 0. The van der Waals surface area contributed by atoms with E-state index in [1.807, 2.05) is 31.2 Å². The summed E-state index contributed by atoms with van der Waals surface area (Å²) in [6, 6.07) is 7.71. The zero-order valence-corrected chi connectivity index (χ0v) is 10.7. The molecule has 0 N–H and O–H groups in total. The van der Waals surface area contributed by atoms with Crippen molar-refractivity contribution in [1.29, 1.82) is 0 Å². The van der Waals surface area contributed by atoms with Gasteiger partial charge in [-0.15, -0.1) is 11.6 Å². The molecule has 0 saturated heterocycles. The predicted octanol–water partition coefficient (Wildman–Crippen LogP) is 2.60. The van der Waals surface area contributed by atoms with Crippen LogP contribution in [0.4, 0.5) is 0 Å². The summed E-state index contributed by atoms with van der Waals surface area (Å²) in [5.41, 5.74) is 0. The predicted molar refractivity (Wildman–Crippen MR) is 70.9 cm³/mol. The van der Waals surface area contributed by atoms with E-state index in [9.17, 15) is 0 Å². The summed E-state index contributed by atoms with van der Waals surface area (Å²) in [5, 5.41) is 2.41. The molecule has 0 spiro atoms. The van der Waals surface area contributed by atoms with Gasteiger partial charge >= 0.3 is 0 Å². The summed E-state index contributed by atoms with van der Waals surface area (Å²) in [6.07, 6.45) is 1.61. The van der Waals surface area contributed by atoms with E-state index in [1.54, 1.807) is 6.08 Å². The lowest BCUT2D eigenvalue weighted by molar-refractivity contribution is 0.291. The Labute approximate surface area is 106 Å². The van der Waals surface area contributed by atoms with Gasteiger partial charge in [-0.25, -0.2) is 0 Å². The van der Waals surface area contributed by atoms with E-state index in [0.717, 1.165) is 16.2 Å². The molecule has 1 aromatic rings. The van der Waals surface area contributed by atoms with Gasteiger partial charge in [-0.1, -0.05) is 48.5 Å². The van der Waals surface area contributed by atoms with Crippen molar-refractivity contribution in [3.8, 4) is 0 Å². The van der Waals surface area contributed by atoms with Gasteiger partial charge in [-0.3, -0.25) is 0 Å². The fourth-order valence-corrected chi connectivity index (χ4v) is 1.79. The summed E-state index contributed by atoms with van der Waals surface area (Å²) >= 11 is 11.9. The molecule has 86 valence electrons. The lowest BCUT2D eigenvalue weighted by atomic mass is 10.2. The fraction of sp³-hybridized carbons (Fsp3) is 0.231. The number of rotatable bonds is 4. The third-order valence-corrected chi connectivity index (χ3v) is 2.70. The number of benzene rings is 1. The minimum atomic E-state index is 0.326. The molecule has 1 aromatic carbocycles. The number of alkyl halides is 1. The van der Waals surface area contributed by atoms with Crippen LogP contribution in [0, 0.1) is 0 Å². The van der Waals surface area contributed by atoms with Crippen LogP contribution in [0.5, 0.6) is 0 Å². The molecular weight excluding hydrogens is 243 g/mol. The first-order valence-corrected chi connectivity index (χ1v) is 5.95. The Morgan fingerprint density at radius 2 is 2.00 bits per heavy atom. The average molecular weight is 257 g/mol. The SMILES string of the molecule is C=C/C(Cl)=c1/cccc/c1=C(/CCl)OCC. The Hall–Kier alpha value is -0.920. The molecule has 0 amide bonds. The number of ether oxygens (including phenoxy) is 1. The van der Waals surface area contributed by atoms with Crippen LogP contribution in [0.3, 0.4) is 0 Å². The second kappa shape index (κ2) is 6.62. The number of hydrogen-bond acceptors (Lipinski definition) is 1. The van der Waals surface area contributed by atoms with Crippen molar-refractivity contribution in [2.24, 2.45) is 0 Å². The topological polar surface area (TPSA) is 9.23 Å². The van der Waals surface area contributed by atoms with E-state index >= 15 is 0 Å². The van der Waals surface area contributed by atoms with Crippen LogP contribution in [0.25, 0.3) is 10.8 Å². The van der Waals surface area contributed by atoms with Crippen LogP contribution in [0.2, 0.25) is 0 Å². The lowest BCUT2D eigenvalue weighted by Crippen LogP contribution is -2.29. The van der Waals surface area contributed by atoms with E-state index in [4.69, 9.17) is 27.9 Å². The van der Waals surface area contributed by atoms with E-state index in [1.165, 1.54) is 0 Å². The molecular formula is C13H14Cl2O. The molecule has 0 bridgehead atoms. The molecule has 1 nitrogen and oxygen atoms in total. The largest absolute Gasteiger partial charge is 0.496 e. The van der Waals surface area contributed by atoms with Crippen LogP contribution in [-0.4, -0.2) is 12.5 Å². The molecule has 0 aliphatic heterocycles. The first kappa shape index (κ1) is 13.1. The summed E-state index contributed by atoms with van der Waals surface area (Å²) in [4.78, 5) is 0. The number of hydrogen-bond donors (Lipinski definition) is 0. The molecule has 0 unspecified atom stereocenters. The zero-order valence-electron chi connectivity index (χ0n) is 9.17. The minimum Gasteiger partial charge on any atom is -0.496 e. The first-order chi connectivity index (χ1) is 7.74.